The molecule has 0 bridgehead atoms. The van der Waals surface area contributed by atoms with Crippen LogP contribution < -0.4 is 0 Å². The van der Waals surface area contributed by atoms with Crippen molar-refractivity contribution in [2.75, 3.05) is 0 Å². The first-order chi connectivity index (χ1) is 8.72. The van der Waals surface area contributed by atoms with Gasteiger partial charge >= 0.3 is 0 Å². The molecule has 0 unspecified atom stereocenters. The van der Waals surface area contributed by atoms with Crippen molar-refractivity contribution in [3.8, 4) is 11.8 Å². The molecule has 1 aromatic heterocycles. The molecular formula is C14H7Cl2NO. The second-order valence-corrected chi connectivity index (χ2v) is 4.18. The van der Waals surface area contributed by atoms with Crippen LogP contribution in [0.15, 0.2) is 36.5 Å². The lowest BCUT2D eigenvalue weighted by atomic mass is 10.1. The zero-order valence-corrected chi connectivity index (χ0v) is 10.7. The first kappa shape index (κ1) is 12.6. The number of nitrogens with zero attached hydrogens (tertiary/aromatic N) is 1. The maximum Gasteiger partial charge on any atom is 0.151 e. The number of hydrogen-bond acceptors (Lipinski definition) is 2. The second-order valence-electron chi connectivity index (χ2n) is 3.41. The lowest BCUT2D eigenvalue weighted by Gasteiger charge is -1.98. The van der Waals surface area contributed by atoms with Gasteiger partial charge in [-0.05, 0) is 18.2 Å². The van der Waals surface area contributed by atoms with Crippen LogP contribution in [0.5, 0.6) is 0 Å². The van der Waals surface area contributed by atoms with Gasteiger partial charge in [0.15, 0.2) is 6.29 Å². The highest BCUT2D eigenvalue weighted by Crippen LogP contribution is 2.16. The van der Waals surface area contributed by atoms with E-state index in [0.29, 0.717) is 28.0 Å². The Hall–Kier alpha value is -1.82. The summed E-state index contributed by atoms with van der Waals surface area (Å²) >= 11 is 11.9. The number of carbonyl (C=O) groups excluding carboxylic acids is 1. The number of aromatic nitrogens is 1. The molecule has 2 rings (SSSR count). The number of hydrogen-bond donors (Lipinski definition) is 0. The summed E-state index contributed by atoms with van der Waals surface area (Å²) in [5.74, 6) is 5.71. The minimum atomic E-state index is 0.208. The zero-order valence-electron chi connectivity index (χ0n) is 9.15. The molecule has 1 heterocycles. The summed E-state index contributed by atoms with van der Waals surface area (Å²) in [6.45, 7) is 0. The summed E-state index contributed by atoms with van der Waals surface area (Å²) in [6.07, 6.45) is 2.16. The van der Waals surface area contributed by atoms with Crippen molar-refractivity contribution in [1.82, 2.24) is 4.98 Å². The molecule has 0 fully saturated rings. The maximum atomic E-state index is 10.9. The SMILES string of the molecule is O=Cc1ccnc(Cl)c1C#Cc1ccccc1Cl. The lowest BCUT2D eigenvalue weighted by molar-refractivity contribution is 0.112. The summed E-state index contributed by atoms with van der Waals surface area (Å²) in [5, 5.41) is 0.761. The van der Waals surface area contributed by atoms with Crippen LogP contribution in [-0.4, -0.2) is 11.3 Å². The predicted octanol–water partition coefficient (Wildman–Crippen LogP) is 3.60. The molecular weight excluding hydrogens is 269 g/mol. The molecule has 4 heteroatoms. The summed E-state index contributed by atoms with van der Waals surface area (Å²) in [4.78, 5) is 14.8. The Morgan fingerprint density at radius 1 is 1.11 bits per heavy atom. The van der Waals surface area contributed by atoms with E-state index >= 15 is 0 Å². The molecule has 0 saturated heterocycles. The number of halogens is 2. The Bertz CT molecular complexity index is 656. The molecule has 0 N–H and O–H groups in total. The Morgan fingerprint density at radius 3 is 2.61 bits per heavy atom. The summed E-state index contributed by atoms with van der Waals surface area (Å²) in [6, 6.07) is 8.76. The number of benzene rings is 1. The minimum absolute atomic E-state index is 0.208. The van der Waals surface area contributed by atoms with E-state index in [1.165, 1.54) is 6.20 Å². The van der Waals surface area contributed by atoms with Gasteiger partial charge in [-0.25, -0.2) is 4.98 Å². The van der Waals surface area contributed by atoms with Crippen LogP contribution in [-0.2, 0) is 0 Å². The van der Waals surface area contributed by atoms with E-state index in [1.807, 2.05) is 12.1 Å². The molecule has 88 valence electrons. The van der Waals surface area contributed by atoms with Crippen LogP contribution >= 0.6 is 23.2 Å². The van der Waals surface area contributed by atoms with Crippen LogP contribution in [0, 0.1) is 11.8 Å². The Balaban J connectivity index is 2.48. The van der Waals surface area contributed by atoms with Crippen molar-refractivity contribution in [2.24, 2.45) is 0 Å². The van der Waals surface area contributed by atoms with Crippen molar-refractivity contribution in [2.45, 2.75) is 0 Å². The van der Waals surface area contributed by atoms with Gasteiger partial charge in [0.25, 0.3) is 0 Å². The van der Waals surface area contributed by atoms with Crippen molar-refractivity contribution < 1.29 is 4.79 Å². The third-order valence-electron chi connectivity index (χ3n) is 2.26. The third-order valence-corrected chi connectivity index (χ3v) is 2.88. The largest absolute Gasteiger partial charge is 0.298 e. The van der Waals surface area contributed by atoms with Crippen LogP contribution in [0.25, 0.3) is 0 Å². The summed E-state index contributed by atoms with van der Waals surface area (Å²) in [7, 11) is 0. The molecule has 0 aliphatic rings. The molecule has 0 aliphatic heterocycles. The van der Waals surface area contributed by atoms with Gasteiger partial charge in [-0.2, -0.15) is 0 Å². The highest BCUT2D eigenvalue weighted by atomic mass is 35.5. The van der Waals surface area contributed by atoms with Gasteiger partial charge < -0.3 is 0 Å². The van der Waals surface area contributed by atoms with Gasteiger partial charge in [0.1, 0.15) is 5.15 Å². The van der Waals surface area contributed by atoms with Crippen molar-refractivity contribution >= 4 is 29.5 Å². The van der Waals surface area contributed by atoms with E-state index in [9.17, 15) is 4.79 Å². The fraction of sp³-hybridized carbons (Fsp3) is 0. The molecule has 0 amide bonds. The normalized spacial score (nSPS) is 9.44. The average molecular weight is 276 g/mol. The molecule has 0 radical (unpaired) electrons. The van der Waals surface area contributed by atoms with E-state index in [2.05, 4.69) is 16.8 Å². The number of rotatable bonds is 1. The molecule has 0 saturated carbocycles. The minimum Gasteiger partial charge on any atom is -0.298 e. The van der Waals surface area contributed by atoms with E-state index < -0.39 is 0 Å². The Kier molecular flexibility index (Phi) is 3.99. The predicted molar refractivity (Wildman–Crippen MR) is 72.1 cm³/mol. The van der Waals surface area contributed by atoms with E-state index in [1.54, 1.807) is 18.2 Å². The Labute approximate surface area is 115 Å². The molecule has 1 aromatic carbocycles. The van der Waals surface area contributed by atoms with Gasteiger partial charge in [0, 0.05) is 17.3 Å². The quantitative estimate of drug-likeness (QED) is 0.452. The van der Waals surface area contributed by atoms with Gasteiger partial charge in [-0.15, -0.1) is 0 Å². The monoisotopic (exact) mass is 275 g/mol. The van der Waals surface area contributed by atoms with Gasteiger partial charge in [-0.1, -0.05) is 47.2 Å². The molecule has 0 aliphatic carbocycles. The van der Waals surface area contributed by atoms with E-state index in [-0.39, 0.29) is 5.15 Å². The van der Waals surface area contributed by atoms with Crippen LogP contribution in [0.3, 0.4) is 0 Å². The van der Waals surface area contributed by atoms with Gasteiger partial charge in [-0.3, -0.25) is 4.79 Å². The topological polar surface area (TPSA) is 30.0 Å². The summed E-state index contributed by atoms with van der Waals surface area (Å²) < 4.78 is 0. The first-order valence-corrected chi connectivity index (χ1v) is 5.84. The molecule has 2 nitrogen and oxygen atoms in total. The zero-order chi connectivity index (χ0) is 13.0. The first-order valence-electron chi connectivity index (χ1n) is 5.08. The fourth-order valence-corrected chi connectivity index (χ4v) is 1.76. The summed E-state index contributed by atoms with van der Waals surface area (Å²) in [5.41, 5.74) is 1.50. The number of pyridine rings is 1. The fourth-order valence-electron chi connectivity index (χ4n) is 1.36. The standard InChI is InChI=1S/C14H7Cl2NO/c15-13-4-2-1-3-10(13)5-6-12-11(9-18)7-8-17-14(12)16/h1-4,7-9H. The molecule has 0 spiro atoms. The lowest BCUT2D eigenvalue weighted by Crippen LogP contribution is -1.91. The average Bonchev–Trinajstić information content (AvgIpc) is 2.39. The molecule has 18 heavy (non-hydrogen) atoms. The maximum absolute atomic E-state index is 10.9. The van der Waals surface area contributed by atoms with Gasteiger partial charge in [0.2, 0.25) is 0 Å². The Morgan fingerprint density at radius 2 is 1.89 bits per heavy atom. The number of carbonyl (C=O) groups is 1. The number of aldehydes is 1. The smallest absolute Gasteiger partial charge is 0.151 e. The third kappa shape index (κ3) is 2.70. The molecule has 2 aromatic rings. The van der Waals surface area contributed by atoms with Crippen molar-refractivity contribution in [3.63, 3.8) is 0 Å². The highest BCUT2D eigenvalue weighted by Gasteiger charge is 2.04. The van der Waals surface area contributed by atoms with Crippen LogP contribution in [0.4, 0.5) is 0 Å². The van der Waals surface area contributed by atoms with E-state index in [0.717, 1.165) is 0 Å². The van der Waals surface area contributed by atoms with Gasteiger partial charge in [0.05, 0.1) is 10.6 Å². The van der Waals surface area contributed by atoms with Crippen molar-refractivity contribution in [1.29, 1.82) is 0 Å². The second kappa shape index (κ2) is 5.68. The van der Waals surface area contributed by atoms with Crippen molar-refractivity contribution in [3.05, 3.63) is 63.4 Å². The van der Waals surface area contributed by atoms with E-state index in [4.69, 9.17) is 23.2 Å². The van der Waals surface area contributed by atoms with Crippen LogP contribution in [0.1, 0.15) is 21.5 Å². The molecule has 0 atom stereocenters. The highest BCUT2D eigenvalue weighted by molar-refractivity contribution is 6.32. The van der Waals surface area contributed by atoms with Crippen LogP contribution in [0.2, 0.25) is 10.2 Å².